The third kappa shape index (κ3) is 3.59. The molecule has 0 unspecified atom stereocenters. The van der Waals surface area contributed by atoms with Crippen LogP contribution >= 0.6 is 22.9 Å². The minimum absolute atomic E-state index is 0.680. The summed E-state index contributed by atoms with van der Waals surface area (Å²) in [4.78, 5) is 16.8. The Bertz CT molecular complexity index is 1720. The first-order chi connectivity index (χ1) is 16.6. The number of fused-ring (bicyclic) bond motifs is 5. The van der Waals surface area contributed by atoms with E-state index in [4.69, 9.17) is 26.0 Å². The van der Waals surface area contributed by atoms with E-state index in [0.29, 0.717) is 15.9 Å². The summed E-state index contributed by atoms with van der Waals surface area (Å²) in [7, 11) is 0. The fourth-order valence-electron chi connectivity index (χ4n) is 4.34. The Kier molecular flexibility index (Phi) is 5.20. The minimum Gasteiger partial charge on any atom is -0.453 e. The normalized spacial score (nSPS) is 12.4. The molecule has 7 heteroatoms. The third-order valence-electron chi connectivity index (χ3n) is 6.04. The van der Waals surface area contributed by atoms with Gasteiger partial charge in [0.25, 0.3) is 0 Å². The second-order valence-corrected chi connectivity index (χ2v) is 9.49. The Balaban J connectivity index is 1.60. The van der Waals surface area contributed by atoms with Gasteiger partial charge in [0.1, 0.15) is 11.2 Å². The van der Waals surface area contributed by atoms with Gasteiger partial charge in [-0.05, 0) is 44.2 Å². The summed E-state index contributed by atoms with van der Waals surface area (Å²) in [6.45, 7) is 6.17. The largest absolute Gasteiger partial charge is 0.453 e. The van der Waals surface area contributed by atoms with Gasteiger partial charge in [0.2, 0.25) is 5.13 Å². The molecule has 0 saturated heterocycles. The molecule has 2 aliphatic rings. The van der Waals surface area contributed by atoms with Gasteiger partial charge in [-0.1, -0.05) is 47.2 Å². The van der Waals surface area contributed by atoms with E-state index < -0.39 is 0 Å². The molecule has 168 valence electrons. The maximum Gasteiger partial charge on any atom is 0.210 e. The summed E-state index contributed by atoms with van der Waals surface area (Å²) in [5.41, 5.74) is 4.43. The highest BCUT2D eigenvalue weighted by atomic mass is 35.5. The third-order valence-corrected chi connectivity index (χ3v) is 7.19. The van der Waals surface area contributed by atoms with Crippen molar-refractivity contribution < 1.29 is 4.42 Å². The van der Waals surface area contributed by atoms with Crippen molar-refractivity contribution >= 4 is 65.8 Å². The lowest BCUT2D eigenvalue weighted by Crippen LogP contribution is -2.21. The molecule has 1 aromatic heterocycles. The lowest BCUT2D eigenvalue weighted by atomic mass is 10.0. The van der Waals surface area contributed by atoms with Crippen LogP contribution in [0.3, 0.4) is 0 Å². The maximum atomic E-state index is 6.40. The number of aromatic nitrogens is 2. The van der Waals surface area contributed by atoms with Gasteiger partial charge in [0.05, 0.1) is 15.6 Å². The van der Waals surface area contributed by atoms with Crippen molar-refractivity contribution in [3.05, 3.63) is 77.1 Å². The van der Waals surface area contributed by atoms with E-state index >= 15 is 0 Å². The Morgan fingerprint density at radius 1 is 0.912 bits per heavy atom. The lowest BCUT2D eigenvalue weighted by molar-refractivity contribution is 0.613. The predicted octanol–water partition coefficient (Wildman–Crippen LogP) is 7.43. The summed E-state index contributed by atoms with van der Waals surface area (Å²) in [5.74, 6) is 0.700. The minimum atomic E-state index is 0.680. The van der Waals surface area contributed by atoms with Gasteiger partial charge < -0.3 is 9.32 Å². The molecule has 0 amide bonds. The predicted molar refractivity (Wildman–Crippen MR) is 142 cm³/mol. The monoisotopic (exact) mass is 484 g/mol. The van der Waals surface area contributed by atoms with E-state index in [-0.39, 0.29) is 0 Å². The average Bonchev–Trinajstić information content (AvgIpc) is 3.25. The summed E-state index contributed by atoms with van der Waals surface area (Å²) in [6.07, 6.45) is 0. The zero-order valence-corrected chi connectivity index (χ0v) is 20.3. The topological polar surface area (TPSA) is 54.5 Å². The Morgan fingerprint density at radius 2 is 1.71 bits per heavy atom. The van der Waals surface area contributed by atoms with Crippen LogP contribution in [0.5, 0.6) is 0 Å². The highest BCUT2D eigenvalue weighted by Crippen LogP contribution is 2.33. The Labute approximate surface area is 205 Å². The number of hydrogen-bond acceptors (Lipinski definition) is 6. The Morgan fingerprint density at radius 3 is 2.53 bits per heavy atom. The molecule has 0 bridgehead atoms. The van der Waals surface area contributed by atoms with Crippen molar-refractivity contribution in [2.24, 2.45) is 4.99 Å². The van der Waals surface area contributed by atoms with E-state index in [1.165, 1.54) is 11.3 Å². The lowest BCUT2D eigenvalue weighted by Gasteiger charge is -2.21. The highest BCUT2D eigenvalue weighted by molar-refractivity contribution is 7.22. The Hall–Kier alpha value is -3.48. The summed E-state index contributed by atoms with van der Waals surface area (Å²) >= 11 is 7.67. The molecular formula is C27H21ClN4OS. The molecule has 0 saturated carbocycles. The second-order valence-electron chi connectivity index (χ2n) is 8.05. The molecule has 34 heavy (non-hydrogen) atoms. The molecule has 2 heterocycles. The molecule has 5 nitrogen and oxygen atoms in total. The van der Waals surface area contributed by atoms with Crippen molar-refractivity contribution in [1.82, 2.24) is 9.97 Å². The molecule has 0 N–H and O–H groups in total. The van der Waals surface area contributed by atoms with Crippen LogP contribution in [-0.4, -0.2) is 23.1 Å². The molecule has 3 aromatic carbocycles. The van der Waals surface area contributed by atoms with E-state index in [0.717, 1.165) is 61.9 Å². The summed E-state index contributed by atoms with van der Waals surface area (Å²) in [5, 5.41) is 4.19. The quantitative estimate of drug-likeness (QED) is 0.193. The number of halogens is 1. The summed E-state index contributed by atoms with van der Waals surface area (Å²) < 4.78 is 7.42. The second kappa shape index (κ2) is 8.38. The van der Waals surface area contributed by atoms with Crippen LogP contribution in [0.15, 0.2) is 76.1 Å². The standard InChI is InChI=1S/C27H21ClN4OS/c1-3-32(4-2)17-10-12-20-23(14-17)33-24-15-22(18-7-5-6-8-19(18)26(24)29-20)31-27-30-21-11-9-16(28)13-25(21)34-27/h5-15H,3-4H2,1-2H3/b31-22+. The highest BCUT2D eigenvalue weighted by Gasteiger charge is 2.16. The molecule has 6 rings (SSSR count). The molecule has 1 aliphatic heterocycles. The molecular weight excluding hydrogens is 464 g/mol. The number of hydrogen-bond donors (Lipinski definition) is 0. The first-order valence-electron chi connectivity index (χ1n) is 11.2. The van der Waals surface area contributed by atoms with Crippen molar-refractivity contribution in [1.29, 1.82) is 0 Å². The van der Waals surface area contributed by atoms with Crippen LogP contribution in [0, 0.1) is 0 Å². The zero-order valence-electron chi connectivity index (χ0n) is 18.7. The number of anilines is 1. The number of thiazole rings is 1. The van der Waals surface area contributed by atoms with Crippen LogP contribution < -0.4 is 10.3 Å². The molecule has 1 aliphatic carbocycles. The van der Waals surface area contributed by atoms with Gasteiger partial charge in [0.15, 0.2) is 11.3 Å². The van der Waals surface area contributed by atoms with E-state index in [1.54, 1.807) is 0 Å². The molecule has 0 spiro atoms. The molecule has 0 fully saturated rings. The van der Waals surface area contributed by atoms with E-state index in [1.807, 2.05) is 42.5 Å². The van der Waals surface area contributed by atoms with Crippen molar-refractivity contribution in [2.45, 2.75) is 13.8 Å². The fraction of sp³-hybridized carbons (Fsp3) is 0.148. The van der Waals surface area contributed by atoms with Crippen molar-refractivity contribution in [2.75, 3.05) is 18.0 Å². The smallest absolute Gasteiger partial charge is 0.210 e. The van der Waals surface area contributed by atoms with Gasteiger partial charge in [-0.3, -0.25) is 0 Å². The first kappa shape index (κ1) is 21.1. The first-order valence-corrected chi connectivity index (χ1v) is 12.4. The zero-order chi connectivity index (χ0) is 23.2. The maximum absolute atomic E-state index is 6.40. The molecule has 0 atom stereocenters. The van der Waals surface area contributed by atoms with E-state index in [9.17, 15) is 0 Å². The number of rotatable bonds is 4. The van der Waals surface area contributed by atoms with Gasteiger partial charge in [-0.2, -0.15) is 0 Å². The van der Waals surface area contributed by atoms with Crippen LogP contribution in [0.2, 0.25) is 5.02 Å². The fourth-order valence-corrected chi connectivity index (χ4v) is 5.47. The van der Waals surface area contributed by atoms with E-state index in [2.05, 4.69) is 48.0 Å². The van der Waals surface area contributed by atoms with Crippen molar-refractivity contribution in [3.63, 3.8) is 0 Å². The van der Waals surface area contributed by atoms with Crippen LogP contribution in [0.1, 0.15) is 13.8 Å². The van der Waals surface area contributed by atoms with Gasteiger partial charge in [-0.25, -0.2) is 15.0 Å². The number of nitrogens with zero attached hydrogens (tertiary/aromatic N) is 4. The molecule has 4 aromatic rings. The van der Waals surface area contributed by atoms with Gasteiger partial charge in [0, 0.05) is 46.7 Å². The van der Waals surface area contributed by atoms with Gasteiger partial charge in [-0.15, -0.1) is 0 Å². The van der Waals surface area contributed by atoms with Gasteiger partial charge >= 0.3 is 0 Å². The van der Waals surface area contributed by atoms with Crippen molar-refractivity contribution in [3.8, 4) is 11.5 Å². The average molecular weight is 485 g/mol. The SMILES string of the molecule is CCN(CC)c1ccc2nc3c4ccccc4/c(=N/c4nc5ccc(Cl)cc5s4)cc-3oc2c1. The van der Waals surface area contributed by atoms with Crippen LogP contribution in [0.25, 0.3) is 43.5 Å². The van der Waals surface area contributed by atoms with Crippen LogP contribution in [-0.2, 0) is 0 Å². The molecule has 0 radical (unpaired) electrons. The summed E-state index contributed by atoms with van der Waals surface area (Å²) in [6, 6.07) is 22.0. The number of benzene rings is 4. The van der Waals surface area contributed by atoms with Crippen LogP contribution in [0.4, 0.5) is 10.8 Å².